The maximum Gasteiger partial charge on any atom is 0.289 e. The Morgan fingerprint density at radius 1 is 0.885 bits per heavy atom. The van der Waals surface area contributed by atoms with Gasteiger partial charge in [0.25, 0.3) is 11.4 Å². The number of fused-ring (bicyclic) bond motifs is 2. The minimum atomic E-state index is 0.462. The molecule has 4 heteroatoms. The van der Waals surface area contributed by atoms with E-state index in [1.807, 2.05) is 62.4 Å². The van der Waals surface area contributed by atoms with Gasteiger partial charge in [0.15, 0.2) is 0 Å². The molecule has 0 amide bonds. The molecule has 0 bridgehead atoms. The molecule has 0 radical (unpaired) electrons. The molecule has 2 aromatic rings. The van der Waals surface area contributed by atoms with Gasteiger partial charge in [-0.25, -0.2) is 0 Å². The van der Waals surface area contributed by atoms with E-state index in [2.05, 4.69) is 0 Å². The topological polar surface area (TPSA) is 46.4 Å². The van der Waals surface area contributed by atoms with Gasteiger partial charge in [0.2, 0.25) is 0 Å². The van der Waals surface area contributed by atoms with Crippen molar-refractivity contribution in [3.8, 4) is 0 Å². The lowest BCUT2D eigenvalue weighted by atomic mass is 9.92. The first-order valence-corrected chi connectivity index (χ1v) is 8.94. The van der Waals surface area contributed by atoms with Crippen LogP contribution >= 0.6 is 0 Å². The molecule has 2 aliphatic heterocycles. The van der Waals surface area contributed by atoms with Gasteiger partial charge in [-0.1, -0.05) is 44.2 Å². The Morgan fingerprint density at radius 2 is 1.50 bits per heavy atom. The molecule has 0 spiro atoms. The lowest BCUT2D eigenvalue weighted by Gasteiger charge is -2.38. The van der Waals surface area contributed by atoms with E-state index in [1.165, 1.54) is 0 Å². The molecule has 2 aromatic carbocycles. The molecule has 2 heterocycles. The summed E-state index contributed by atoms with van der Waals surface area (Å²) in [5, 5.41) is 14.2. The Balaban J connectivity index is 2.00. The minimum Gasteiger partial charge on any atom is -0.754 e. The number of allylic oxidation sites excluding steroid dienone is 2. The Hall–Kier alpha value is -2.98. The van der Waals surface area contributed by atoms with Crippen molar-refractivity contribution in [2.45, 2.75) is 26.7 Å². The third-order valence-electron chi connectivity index (χ3n) is 4.97. The summed E-state index contributed by atoms with van der Waals surface area (Å²) in [4.78, 5) is 13.2. The van der Waals surface area contributed by atoms with E-state index in [0.29, 0.717) is 35.6 Å². The van der Waals surface area contributed by atoms with Gasteiger partial charge >= 0.3 is 0 Å². The zero-order chi connectivity index (χ0) is 18.3. The number of anilines is 1. The van der Waals surface area contributed by atoms with Crippen LogP contribution in [0, 0.1) is 10.1 Å². The summed E-state index contributed by atoms with van der Waals surface area (Å²) in [7, 11) is 0. The molecule has 2 aliphatic rings. The molecule has 0 saturated carbocycles. The molecule has 4 nitrogen and oxygen atoms in total. The monoisotopic (exact) mass is 344 g/mol. The van der Waals surface area contributed by atoms with Crippen LogP contribution in [0.15, 0.2) is 71.1 Å². The van der Waals surface area contributed by atoms with E-state index < -0.39 is 0 Å². The minimum absolute atomic E-state index is 0.462. The largest absolute Gasteiger partial charge is 0.754 e. The number of rotatable bonds is 2. The van der Waals surface area contributed by atoms with Gasteiger partial charge in [-0.15, -0.1) is 0 Å². The molecule has 0 N–H and O–H groups in total. The second-order valence-electron chi connectivity index (χ2n) is 6.45. The second-order valence-corrected chi connectivity index (χ2v) is 6.45. The Kier molecular flexibility index (Phi) is 4.05. The average Bonchev–Trinajstić information content (AvgIpc) is 2.68. The van der Waals surface area contributed by atoms with Crippen LogP contribution < -0.4 is 5.06 Å². The summed E-state index contributed by atoms with van der Waals surface area (Å²) in [5.41, 5.74) is 5.62. The highest BCUT2D eigenvalue weighted by Crippen LogP contribution is 2.42. The molecule has 0 aliphatic carbocycles. The van der Waals surface area contributed by atoms with E-state index in [-0.39, 0.29) is 0 Å². The predicted molar refractivity (Wildman–Crippen MR) is 106 cm³/mol. The van der Waals surface area contributed by atoms with Gasteiger partial charge in [0, 0.05) is 22.2 Å². The maximum atomic E-state index is 13.2. The van der Waals surface area contributed by atoms with Gasteiger partial charge in [0.05, 0.1) is 10.3 Å². The zero-order valence-electron chi connectivity index (χ0n) is 14.9. The van der Waals surface area contributed by atoms with Crippen molar-refractivity contribution < 1.29 is 4.76 Å². The Morgan fingerprint density at radius 3 is 2.23 bits per heavy atom. The normalized spacial score (nSPS) is 18.9. The fourth-order valence-electron chi connectivity index (χ4n) is 3.64. The van der Waals surface area contributed by atoms with Gasteiger partial charge < -0.3 is 10.3 Å². The highest BCUT2D eigenvalue weighted by Gasteiger charge is 2.37. The molecular weight excluding hydrogens is 324 g/mol. The van der Waals surface area contributed by atoms with Gasteiger partial charge in [0.1, 0.15) is 5.70 Å². The first-order chi connectivity index (χ1) is 12.7. The standard InChI is InChI=1S/C22H20N2O2/c1-3-15-13-17-9-5-7-11-19(17)23(25)21(15)22-16(4-2)14-18-10-6-8-12-20(18)24(22)26/h5-14H,3-4H2,1-2H3. The number of hydroxylamine groups is 1. The number of para-hydroxylation sites is 2. The van der Waals surface area contributed by atoms with Crippen LogP contribution in [0.25, 0.3) is 12.2 Å². The molecule has 4 rings (SSSR count). The highest BCUT2D eigenvalue weighted by atomic mass is 16.5. The summed E-state index contributed by atoms with van der Waals surface area (Å²) in [6.07, 6.45) is 5.40. The third kappa shape index (κ3) is 2.42. The van der Waals surface area contributed by atoms with E-state index in [1.54, 1.807) is 12.1 Å². The number of benzene rings is 2. The SMILES string of the molecule is CCC1=Cc2ccccc2N([O-])C1=C1C(CC)=Cc2ccccc2[N+]1=O. The quantitative estimate of drug-likeness (QED) is 0.635. The first-order valence-electron chi connectivity index (χ1n) is 8.94. The fraction of sp³-hybridized carbons (Fsp3) is 0.182. The summed E-state index contributed by atoms with van der Waals surface area (Å²) in [6.45, 7) is 4.02. The summed E-state index contributed by atoms with van der Waals surface area (Å²) in [6, 6.07) is 15.0. The van der Waals surface area contributed by atoms with E-state index in [0.717, 1.165) is 32.1 Å². The summed E-state index contributed by atoms with van der Waals surface area (Å²) >= 11 is 0. The van der Waals surface area contributed by atoms with Gasteiger partial charge in [-0.3, -0.25) is 0 Å². The predicted octanol–water partition coefficient (Wildman–Crippen LogP) is 5.93. The van der Waals surface area contributed by atoms with E-state index in [9.17, 15) is 10.1 Å². The zero-order valence-corrected chi connectivity index (χ0v) is 14.9. The van der Waals surface area contributed by atoms with Crippen LogP contribution in [0.3, 0.4) is 0 Å². The van der Waals surface area contributed by atoms with Crippen molar-refractivity contribution >= 4 is 23.5 Å². The van der Waals surface area contributed by atoms with Crippen molar-refractivity contribution in [3.05, 3.63) is 92.3 Å². The van der Waals surface area contributed by atoms with Crippen molar-refractivity contribution in [3.63, 3.8) is 0 Å². The van der Waals surface area contributed by atoms with Gasteiger partial charge in [-0.2, -0.15) is 0 Å². The second kappa shape index (κ2) is 6.39. The van der Waals surface area contributed by atoms with Crippen LogP contribution in [-0.2, 0) is 0 Å². The molecule has 0 atom stereocenters. The molecule has 0 saturated heterocycles. The maximum absolute atomic E-state index is 13.2. The number of nitroso groups, excluding NO2 is 1. The summed E-state index contributed by atoms with van der Waals surface area (Å²) in [5.74, 6) is 0. The Bertz CT molecular complexity index is 999. The smallest absolute Gasteiger partial charge is 0.289 e. The fourth-order valence-corrected chi connectivity index (χ4v) is 3.64. The van der Waals surface area contributed by atoms with E-state index >= 15 is 0 Å². The lowest BCUT2D eigenvalue weighted by molar-refractivity contribution is -0.405. The van der Waals surface area contributed by atoms with E-state index in [4.69, 9.17) is 0 Å². The average molecular weight is 344 g/mol. The van der Waals surface area contributed by atoms with Crippen molar-refractivity contribution in [1.29, 1.82) is 0 Å². The van der Waals surface area contributed by atoms with Crippen molar-refractivity contribution in [2.24, 2.45) is 0 Å². The molecule has 26 heavy (non-hydrogen) atoms. The van der Waals surface area contributed by atoms with Crippen LogP contribution in [0.1, 0.15) is 37.8 Å². The van der Waals surface area contributed by atoms with Crippen LogP contribution in [0.2, 0.25) is 0 Å². The van der Waals surface area contributed by atoms with Crippen LogP contribution in [0.4, 0.5) is 11.4 Å². The molecule has 0 aromatic heterocycles. The van der Waals surface area contributed by atoms with Crippen LogP contribution in [-0.4, -0.2) is 4.76 Å². The van der Waals surface area contributed by atoms with Gasteiger partial charge in [-0.05, 0) is 48.3 Å². The molecule has 0 fully saturated rings. The summed E-state index contributed by atoms with van der Waals surface area (Å²) < 4.78 is 0.922. The first kappa shape index (κ1) is 16.5. The number of nitrogens with zero attached hydrogens (tertiary/aromatic N) is 2. The number of hydrogen-bond acceptors (Lipinski definition) is 3. The molecular formula is C22H20N2O2. The highest BCUT2D eigenvalue weighted by molar-refractivity contribution is 5.81. The Labute approximate surface area is 152 Å². The van der Waals surface area contributed by atoms with Crippen molar-refractivity contribution in [1.82, 2.24) is 0 Å². The van der Waals surface area contributed by atoms with Crippen molar-refractivity contribution in [2.75, 3.05) is 5.06 Å². The van der Waals surface area contributed by atoms with Crippen LogP contribution in [0.5, 0.6) is 0 Å². The third-order valence-corrected chi connectivity index (χ3v) is 4.97. The molecule has 0 unspecified atom stereocenters. The number of hydrogen-bond donors (Lipinski definition) is 0. The lowest BCUT2D eigenvalue weighted by Crippen LogP contribution is -2.26. The molecule has 130 valence electrons.